The monoisotopic (exact) mass is 425 g/mol. The van der Waals surface area contributed by atoms with Crippen LogP contribution >= 0.6 is 0 Å². The Hall–Kier alpha value is -3.21. The van der Waals surface area contributed by atoms with Crippen LogP contribution in [-0.4, -0.2) is 36.2 Å². The SMILES string of the molecule is CC(C)=Nc1cccc(N2C[C@@H]3C(CCNC(=O)/C=C/c4cccnc4)[C@@H]3C2)c1C1=C[CH]1. The fraction of sp³-hybridized carbons (Fsp3) is 0.333. The molecule has 1 aromatic heterocycles. The van der Waals surface area contributed by atoms with E-state index in [1.165, 1.54) is 16.8 Å². The van der Waals surface area contributed by atoms with E-state index in [4.69, 9.17) is 4.99 Å². The lowest BCUT2D eigenvalue weighted by Gasteiger charge is -2.25. The molecule has 2 heterocycles. The van der Waals surface area contributed by atoms with Gasteiger partial charge < -0.3 is 10.2 Å². The molecule has 32 heavy (non-hydrogen) atoms. The van der Waals surface area contributed by atoms with Gasteiger partial charge in [0.1, 0.15) is 0 Å². The van der Waals surface area contributed by atoms with Crippen LogP contribution in [-0.2, 0) is 4.79 Å². The minimum Gasteiger partial charge on any atom is -0.370 e. The first-order chi connectivity index (χ1) is 15.6. The van der Waals surface area contributed by atoms with E-state index in [-0.39, 0.29) is 5.91 Å². The molecule has 5 nitrogen and oxygen atoms in total. The van der Waals surface area contributed by atoms with Crippen LogP contribution < -0.4 is 10.2 Å². The number of nitrogens with one attached hydrogen (secondary N) is 1. The van der Waals surface area contributed by atoms with Crippen molar-refractivity contribution in [3.63, 3.8) is 0 Å². The molecule has 1 N–H and O–H groups in total. The number of amides is 1. The van der Waals surface area contributed by atoms with E-state index >= 15 is 0 Å². The summed E-state index contributed by atoms with van der Waals surface area (Å²) in [5.74, 6) is 2.16. The van der Waals surface area contributed by atoms with Gasteiger partial charge in [0.05, 0.1) is 5.69 Å². The number of aliphatic imine (C=N–C) groups is 1. The number of anilines is 1. The van der Waals surface area contributed by atoms with Crippen molar-refractivity contribution in [1.29, 1.82) is 0 Å². The Balaban J connectivity index is 1.13. The second kappa shape index (κ2) is 8.73. The molecular weight excluding hydrogens is 396 g/mol. The molecule has 0 bridgehead atoms. The van der Waals surface area contributed by atoms with Crippen molar-refractivity contribution in [1.82, 2.24) is 10.3 Å². The van der Waals surface area contributed by atoms with Crippen molar-refractivity contribution in [2.45, 2.75) is 20.3 Å². The highest BCUT2D eigenvalue weighted by Gasteiger charge is 2.55. The number of allylic oxidation sites excluding steroid dienone is 2. The average Bonchev–Trinajstić information content (AvgIpc) is 3.69. The van der Waals surface area contributed by atoms with Crippen LogP contribution in [0.2, 0.25) is 0 Å². The predicted molar refractivity (Wildman–Crippen MR) is 131 cm³/mol. The van der Waals surface area contributed by atoms with E-state index in [1.807, 2.05) is 26.0 Å². The molecular formula is C27H29N4O. The summed E-state index contributed by atoms with van der Waals surface area (Å²) >= 11 is 0. The number of benzene rings is 1. The van der Waals surface area contributed by atoms with Gasteiger partial charge in [0.2, 0.25) is 5.91 Å². The Labute approximate surface area is 190 Å². The molecule has 1 saturated carbocycles. The Bertz CT molecular complexity index is 1090. The molecule has 2 aliphatic carbocycles. The molecule has 1 saturated heterocycles. The minimum atomic E-state index is -0.0384. The molecule has 5 rings (SSSR count). The molecule has 163 valence electrons. The fourth-order valence-corrected chi connectivity index (χ4v) is 4.97. The third-order valence-electron chi connectivity index (χ3n) is 6.59. The summed E-state index contributed by atoms with van der Waals surface area (Å²) in [6.07, 6.45) is 12.3. The van der Waals surface area contributed by atoms with Crippen LogP contribution in [0.25, 0.3) is 11.6 Å². The lowest BCUT2D eigenvalue weighted by molar-refractivity contribution is -0.116. The summed E-state index contributed by atoms with van der Waals surface area (Å²) < 4.78 is 0. The molecule has 1 aromatic carbocycles. The molecule has 3 aliphatic rings. The number of aromatic nitrogens is 1. The second-order valence-electron chi connectivity index (χ2n) is 9.11. The average molecular weight is 426 g/mol. The normalized spacial score (nSPS) is 23.0. The number of nitrogens with zero attached hydrogens (tertiary/aromatic N) is 3. The summed E-state index contributed by atoms with van der Waals surface area (Å²) in [7, 11) is 0. The largest absolute Gasteiger partial charge is 0.370 e. The predicted octanol–water partition coefficient (Wildman–Crippen LogP) is 4.70. The molecule has 5 heteroatoms. The third kappa shape index (κ3) is 4.52. The quantitative estimate of drug-likeness (QED) is 0.493. The van der Waals surface area contributed by atoms with E-state index in [0.29, 0.717) is 0 Å². The zero-order valence-electron chi connectivity index (χ0n) is 18.7. The summed E-state index contributed by atoms with van der Waals surface area (Å²) in [4.78, 5) is 23.4. The minimum absolute atomic E-state index is 0.0384. The van der Waals surface area contributed by atoms with Gasteiger partial charge >= 0.3 is 0 Å². The standard InChI is InChI=1S/C27H29N4O/c1-18(2)30-24-6-3-7-25(27(24)20-9-10-20)31-16-22-21(23(22)17-31)12-14-29-26(32)11-8-19-5-4-13-28-15-19/h3-11,13,15,21-23H,12,14,16-17H2,1-2H3,(H,29,32)/b11-8+/t21?,22-,23+. The van der Waals surface area contributed by atoms with Crippen LogP contribution in [0.5, 0.6) is 0 Å². The Morgan fingerprint density at radius 1 is 1.22 bits per heavy atom. The maximum absolute atomic E-state index is 12.1. The van der Waals surface area contributed by atoms with E-state index in [1.54, 1.807) is 24.5 Å². The van der Waals surface area contributed by atoms with Gasteiger partial charge in [-0.15, -0.1) is 0 Å². The van der Waals surface area contributed by atoms with Gasteiger partial charge in [-0.1, -0.05) is 18.2 Å². The van der Waals surface area contributed by atoms with Crippen molar-refractivity contribution in [3.05, 3.63) is 72.4 Å². The molecule has 1 unspecified atom stereocenters. The van der Waals surface area contributed by atoms with Crippen LogP contribution in [0, 0.1) is 24.2 Å². The number of rotatable bonds is 8. The second-order valence-corrected chi connectivity index (χ2v) is 9.11. The van der Waals surface area contributed by atoms with Crippen molar-refractivity contribution < 1.29 is 4.79 Å². The van der Waals surface area contributed by atoms with Crippen molar-refractivity contribution in [2.24, 2.45) is 22.7 Å². The van der Waals surface area contributed by atoms with Gasteiger partial charge in [0.25, 0.3) is 0 Å². The molecule has 1 amide bonds. The highest BCUT2D eigenvalue weighted by atomic mass is 16.1. The summed E-state index contributed by atoms with van der Waals surface area (Å²) in [6.45, 7) is 7.03. The van der Waals surface area contributed by atoms with E-state index in [0.717, 1.165) is 60.8 Å². The molecule has 0 spiro atoms. The number of hydrogen-bond donors (Lipinski definition) is 1. The van der Waals surface area contributed by atoms with Crippen LogP contribution in [0.1, 0.15) is 31.4 Å². The smallest absolute Gasteiger partial charge is 0.244 e. The first-order valence-corrected chi connectivity index (χ1v) is 11.4. The topological polar surface area (TPSA) is 57.6 Å². The van der Waals surface area contributed by atoms with Gasteiger partial charge in [-0.2, -0.15) is 0 Å². The van der Waals surface area contributed by atoms with Crippen LogP contribution in [0.4, 0.5) is 11.4 Å². The van der Waals surface area contributed by atoms with Gasteiger partial charge in [-0.05, 0) is 73.4 Å². The maximum atomic E-state index is 12.1. The molecule has 2 fully saturated rings. The lowest BCUT2D eigenvalue weighted by atomic mass is 10.1. The number of piperidine rings is 1. The first kappa shape index (κ1) is 20.7. The number of carbonyl (C=O) groups is 1. The summed E-state index contributed by atoms with van der Waals surface area (Å²) in [6, 6.07) is 10.3. The van der Waals surface area contributed by atoms with Gasteiger partial charge in [-0.25, -0.2) is 0 Å². The van der Waals surface area contributed by atoms with E-state index in [9.17, 15) is 4.79 Å². The zero-order valence-corrected chi connectivity index (χ0v) is 18.7. The number of hydrogen-bond acceptors (Lipinski definition) is 4. The van der Waals surface area contributed by atoms with Gasteiger partial charge in [0, 0.05) is 61.5 Å². The Morgan fingerprint density at radius 2 is 2.03 bits per heavy atom. The van der Waals surface area contributed by atoms with Crippen LogP contribution in [0.3, 0.4) is 0 Å². The van der Waals surface area contributed by atoms with E-state index < -0.39 is 0 Å². The van der Waals surface area contributed by atoms with Crippen molar-refractivity contribution in [2.75, 3.05) is 24.5 Å². The summed E-state index contributed by atoms with van der Waals surface area (Å²) in [5, 5.41) is 3.03. The van der Waals surface area contributed by atoms with Crippen molar-refractivity contribution >= 4 is 34.6 Å². The van der Waals surface area contributed by atoms with Crippen molar-refractivity contribution in [3.8, 4) is 0 Å². The molecule has 1 radical (unpaired) electrons. The van der Waals surface area contributed by atoms with Crippen LogP contribution in [0.15, 0.2) is 59.9 Å². The zero-order chi connectivity index (χ0) is 22.1. The number of pyridine rings is 1. The third-order valence-corrected chi connectivity index (χ3v) is 6.59. The summed E-state index contributed by atoms with van der Waals surface area (Å²) in [5.41, 5.74) is 6.97. The molecule has 2 aromatic rings. The molecule has 3 atom stereocenters. The highest BCUT2D eigenvalue weighted by molar-refractivity contribution is 5.98. The molecule has 1 aliphatic heterocycles. The van der Waals surface area contributed by atoms with Gasteiger partial charge in [-0.3, -0.25) is 14.8 Å². The first-order valence-electron chi connectivity index (χ1n) is 11.4. The number of fused-ring (bicyclic) bond motifs is 1. The van der Waals surface area contributed by atoms with E-state index in [2.05, 4.69) is 45.9 Å². The fourth-order valence-electron chi connectivity index (χ4n) is 4.97. The Kier molecular flexibility index (Phi) is 5.64. The highest BCUT2D eigenvalue weighted by Crippen LogP contribution is 2.55. The maximum Gasteiger partial charge on any atom is 0.244 e. The van der Waals surface area contributed by atoms with Gasteiger partial charge in [0.15, 0.2) is 0 Å². The Morgan fingerprint density at radius 3 is 2.72 bits per heavy atom. The number of carbonyl (C=O) groups excluding carboxylic acids is 1. The lowest BCUT2D eigenvalue weighted by Crippen LogP contribution is -2.27.